The zero-order valence-corrected chi connectivity index (χ0v) is 10.4. The number of nitrogens with two attached hydrogens (primary N) is 1. The first-order chi connectivity index (χ1) is 8.90. The Kier molecular flexibility index (Phi) is 3.20. The van der Waals surface area contributed by atoms with Gasteiger partial charge in [0.2, 0.25) is 5.88 Å². The molecule has 0 atom stereocenters. The number of amidine groups is 1. The van der Waals surface area contributed by atoms with Crippen molar-refractivity contribution in [3.63, 3.8) is 0 Å². The number of hydrogen-bond donors (Lipinski definition) is 2. The summed E-state index contributed by atoms with van der Waals surface area (Å²) in [5, 5.41) is 11.5. The molecule has 0 bridgehead atoms. The Morgan fingerprint density at radius 3 is 2.68 bits per heavy atom. The van der Waals surface area contributed by atoms with Crippen molar-refractivity contribution in [3.8, 4) is 11.6 Å². The van der Waals surface area contributed by atoms with Crippen LogP contribution in [0.1, 0.15) is 11.3 Å². The summed E-state index contributed by atoms with van der Waals surface area (Å²) in [7, 11) is 1.58. The third kappa shape index (κ3) is 2.40. The number of nitrogen functional groups attached to an aromatic ring is 1. The maximum Gasteiger partial charge on any atom is 0.229 e. The van der Waals surface area contributed by atoms with Crippen molar-refractivity contribution in [2.75, 3.05) is 0 Å². The van der Waals surface area contributed by atoms with Crippen molar-refractivity contribution >= 4 is 5.84 Å². The maximum absolute atomic E-state index is 13.5. The minimum atomic E-state index is -0.839. The lowest BCUT2D eigenvalue weighted by molar-refractivity contribution is 0.400. The Labute approximate surface area is 108 Å². The van der Waals surface area contributed by atoms with Crippen molar-refractivity contribution < 1.29 is 13.5 Å². The van der Waals surface area contributed by atoms with E-state index < -0.39 is 11.6 Å². The van der Waals surface area contributed by atoms with Crippen LogP contribution in [-0.2, 0) is 7.05 Å². The van der Waals surface area contributed by atoms with Crippen LogP contribution in [0.3, 0.4) is 0 Å². The fourth-order valence-corrected chi connectivity index (χ4v) is 1.73. The molecule has 0 radical (unpaired) electrons. The highest BCUT2D eigenvalue weighted by Crippen LogP contribution is 2.28. The summed E-state index contributed by atoms with van der Waals surface area (Å²) in [4.78, 5) is 0. The van der Waals surface area contributed by atoms with Gasteiger partial charge in [-0.1, -0.05) is 0 Å². The van der Waals surface area contributed by atoms with Gasteiger partial charge in [-0.25, -0.2) is 13.5 Å². The first-order valence-corrected chi connectivity index (χ1v) is 5.41. The predicted octanol–water partition coefficient (Wildman–Crippen LogP) is 2.08. The van der Waals surface area contributed by atoms with E-state index in [0.717, 1.165) is 12.1 Å². The molecule has 19 heavy (non-hydrogen) atoms. The van der Waals surface area contributed by atoms with Gasteiger partial charge in [0.15, 0.2) is 11.6 Å². The molecule has 5 nitrogen and oxygen atoms in total. The molecule has 0 unspecified atom stereocenters. The summed E-state index contributed by atoms with van der Waals surface area (Å²) >= 11 is 0. The molecule has 1 heterocycles. The third-order valence-electron chi connectivity index (χ3n) is 2.54. The summed E-state index contributed by atoms with van der Waals surface area (Å²) in [6.07, 6.45) is 0. The van der Waals surface area contributed by atoms with Crippen LogP contribution in [0.2, 0.25) is 0 Å². The van der Waals surface area contributed by atoms with Gasteiger partial charge in [-0.3, -0.25) is 5.41 Å². The summed E-state index contributed by atoms with van der Waals surface area (Å²) in [5.41, 5.74) is 6.22. The molecular weight excluding hydrogens is 254 g/mol. The van der Waals surface area contributed by atoms with E-state index in [1.807, 2.05) is 0 Å². The summed E-state index contributed by atoms with van der Waals surface area (Å²) in [5.74, 6) is -1.79. The number of rotatable bonds is 3. The average Bonchev–Trinajstić information content (AvgIpc) is 2.57. The first kappa shape index (κ1) is 13.0. The number of hydrogen-bond acceptors (Lipinski definition) is 3. The molecule has 1 aromatic heterocycles. The predicted molar refractivity (Wildman–Crippen MR) is 65.4 cm³/mol. The van der Waals surface area contributed by atoms with Crippen molar-refractivity contribution in [1.29, 1.82) is 5.41 Å². The molecule has 7 heteroatoms. The minimum absolute atomic E-state index is 0.135. The quantitative estimate of drug-likeness (QED) is 0.659. The molecule has 0 aliphatic rings. The van der Waals surface area contributed by atoms with E-state index in [1.165, 1.54) is 4.68 Å². The van der Waals surface area contributed by atoms with E-state index in [2.05, 4.69) is 5.10 Å². The molecule has 2 aromatic rings. The minimum Gasteiger partial charge on any atom is -0.435 e. The van der Waals surface area contributed by atoms with Gasteiger partial charge in [0.25, 0.3) is 0 Å². The van der Waals surface area contributed by atoms with E-state index in [9.17, 15) is 8.78 Å². The highest BCUT2D eigenvalue weighted by Gasteiger charge is 2.19. The third-order valence-corrected chi connectivity index (χ3v) is 2.54. The number of aryl methyl sites for hydroxylation is 2. The molecular formula is C12H12F2N4O. The van der Waals surface area contributed by atoms with Gasteiger partial charge < -0.3 is 10.5 Å². The Morgan fingerprint density at radius 2 is 2.11 bits per heavy atom. The molecule has 100 valence electrons. The van der Waals surface area contributed by atoms with Crippen LogP contribution in [0.25, 0.3) is 0 Å². The van der Waals surface area contributed by atoms with Gasteiger partial charge in [-0.2, -0.15) is 5.10 Å². The number of halogens is 2. The fraction of sp³-hybridized carbons (Fsp3) is 0.167. The van der Waals surface area contributed by atoms with Gasteiger partial charge in [0.1, 0.15) is 17.2 Å². The van der Waals surface area contributed by atoms with E-state index in [-0.39, 0.29) is 23.0 Å². The molecule has 2 rings (SSSR count). The highest BCUT2D eigenvalue weighted by atomic mass is 19.1. The fourth-order valence-electron chi connectivity index (χ4n) is 1.73. The van der Waals surface area contributed by atoms with Crippen molar-refractivity contribution in [1.82, 2.24) is 9.78 Å². The number of ether oxygens (including phenoxy) is 1. The van der Waals surface area contributed by atoms with Crippen LogP contribution in [0.4, 0.5) is 8.78 Å². The Hall–Kier alpha value is -2.44. The first-order valence-electron chi connectivity index (χ1n) is 5.41. The molecule has 0 spiro atoms. The second-order valence-electron chi connectivity index (χ2n) is 3.98. The topological polar surface area (TPSA) is 76.9 Å². The summed E-state index contributed by atoms with van der Waals surface area (Å²) < 4.78 is 33.0. The van der Waals surface area contributed by atoms with E-state index >= 15 is 0 Å². The second-order valence-corrected chi connectivity index (χ2v) is 3.98. The number of nitrogens with zero attached hydrogens (tertiary/aromatic N) is 2. The normalized spacial score (nSPS) is 10.5. The van der Waals surface area contributed by atoms with Gasteiger partial charge in [0, 0.05) is 13.1 Å². The molecule has 0 amide bonds. The van der Waals surface area contributed by atoms with E-state index in [0.29, 0.717) is 11.8 Å². The van der Waals surface area contributed by atoms with Gasteiger partial charge >= 0.3 is 0 Å². The molecule has 0 saturated carbocycles. The van der Waals surface area contributed by atoms with Gasteiger partial charge in [0.05, 0.1) is 5.69 Å². The molecule has 3 N–H and O–H groups in total. The summed E-state index contributed by atoms with van der Waals surface area (Å²) in [6.45, 7) is 1.66. The smallest absolute Gasteiger partial charge is 0.229 e. The zero-order chi connectivity index (χ0) is 14.2. The maximum atomic E-state index is 13.5. The van der Waals surface area contributed by atoms with Crippen molar-refractivity contribution in [3.05, 3.63) is 41.1 Å². The molecule has 0 aliphatic heterocycles. The lowest BCUT2D eigenvalue weighted by Gasteiger charge is -2.08. The van der Waals surface area contributed by atoms with E-state index in [1.54, 1.807) is 14.0 Å². The number of aromatic nitrogens is 2. The van der Waals surface area contributed by atoms with Gasteiger partial charge in [-0.15, -0.1) is 0 Å². The van der Waals surface area contributed by atoms with Crippen LogP contribution in [-0.4, -0.2) is 15.6 Å². The molecule has 0 saturated heterocycles. The lowest BCUT2D eigenvalue weighted by atomic mass is 10.2. The Bertz CT molecular complexity index is 651. The Morgan fingerprint density at radius 1 is 1.42 bits per heavy atom. The highest BCUT2D eigenvalue weighted by molar-refractivity contribution is 5.98. The molecule has 1 aromatic carbocycles. The van der Waals surface area contributed by atoms with Crippen LogP contribution in [0.5, 0.6) is 11.6 Å². The van der Waals surface area contributed by atoms with Crippen molar-refractivity contribution in [2.24, 2.45) is 12.8 Å². The Balaban J connectivity index is 2.46. The number of benzene rings is 1. The number of nitrogens with one attached hydrogen (secondary N) is 1. The lowest BCUT2D eigenvalue weighted by Crippen LogP contribution is -2.13. The summed E-state index contributed by atoms with van der Waals surface area (Å²) in [6, 6.07) is 2.96. The van der Waals surface area contributed by atoms with Crippen LogP contribution in [0, 0.1) is 24.0 Å². The van der Waals surface area contributed by atoms with Crippen molar-refractivity contribution in [2.45, 2.75) is 6.92 Å². The van der Waals surface area contributed by atoms with Gasteiger partial charge in [-0.05, 0) is 19.1 Å². The SMILES string of the molecule is Cc1nn(C)c(Oc2ccc(F)cc2F)c1C(=N)N. The largest absolute Gasteiger partial charge is 0.435 e. The van der Waals surface area contributed by atoms with Crippen LogP contribution in [0.15, 0.2) is 18.2 Å². The van der Waals surface area contributed by atoms with Crippen LogP contribution >= 0.6 is 0 Å². The standard InChI is InChI=1S/C12H12F2N4O/c1-6-10(11(15)16)12(18(2)17-6)19-9-4-3-7(13)5-8(9)14/h3-5H,1-2H3,(H3,15,16). The van der Waals surface area contributed by atoms with E-state index in [4.69, 9.17) is 15.9 Å². The molecule has 0 aliphatic carbocycles. The zero-order valence-electron chi connectivity index (χ0n) is 10.4. The molecule has 0 fully saturated rings. The second kappa shape index (κ2) is 4.68. The monoisotopic (exact) mass is 266 g/mol. The average molecular weight is 266 g/mol. The van der Waals surface area contributed by atoms with Crippen LogP contribution < -0.4 is 10.5 Å².